The quantitative estimate of drug-likeness (QED) is 0.680. The van der Waals surface area contributed by atoms with Crippen molar-refractivity contribution in [2.24, 2.45) is 5.10 Å². The summed E-state index contributed by atoms with van der Waals surface area (Å²) in [6.45, 7) is 3.88. The van der Waals surface area contributed by atoms with Crippen molar-refractivity contribution < 1.29 is 4.79 Å². The molecule has 0 atom stereocenters. The van der Waals surface area contributed by atoms with Gasteiger partial charge in [-0.05, 0) is 43.0 Å². The SMILES string of the molecule is Cc1ccc(C(=O)N/N=C/c2sccc2C)cn1. The van der Waals surface area contributed by atoms with Crippen LogP contribution in [0.1, 0.15) is 26.5 Å². The Hall–Kier alpha value is -2.01. The zero-order chi connectivity index (χ0) is 13.0. The summed E-state index contributed by atoms with van der Waals surface area (Å²) in [5.41, 5.74) is 5.01. The van der Waals surface area contributed by atoms with Crippen LogP contribution in [0.25, 0.3) is 0 Å². The molecular formula is C13H13N3OS. The highest BCUT2D eigenvalue weighted by Gasteiger charge is 2.03. The topological polar surface area (TPSA) is 54.4 Å². The molecule has 1 amide bonds. The molecule has 0 unspecified atom stereocenters. The lowest BCUT2D eigenvalue weighted by molar-refractivity contribution is 0.0955. The van der Waals surface area contributed by atoms with Crippen LogP contribution in [0.4, 0.5) is 0 Å². The van der Waals surface area contributed by atoms with Crippen molar-refractivity contribution in [1.82, 2.24) is 10.4 Å². The van der Waals surface area contributed by atoms with E-state index in [1.54, 1.807) is 29.7 Å². The molecule has 4 nitrogen and oxygen atoms in total. The first-order chi connectivity index (χ1) is 8.66. The number of aromatic nitrogens is 1. The standard InChI is InChI=1S/C13H13N3OS/c1-9-5-6-18-12(9)8-15-16-13(17)11-4-3-10(2)14-7-11/h3-8H,1-2H3,(H,16,17)/b15-8+. The van der Waals surface area contributed by atoms with E-state index in [1.165, 1.54) is 6.20 Å². The summed E-state index contributed by atoms with van der Waals surface area (Å²) in [6.07, 6.45) is 3.19. The molecule has 2 rings (SSSR count). The summed E-state index contributed by atoms with van der Waals surface area (Å²) in [6, 6.07) is 5.53. The number of pyridine rings is 1. The van der Waals surface area contributed by atoms with Gasteiger partial charge in [0.05, 0.1) is 11.8 Å². The van der Waals surface area contributed by atoms with Crippen LogP contribution in [-0.4, -0.2) is 17.1 Å². The first kappa shape index (κ1) is 12.4. The van der Waals surface area contributed by atoms with Crippen LogP contribution in [0.5, 0.6) is 0 Å². The summed E-state index contributed by atoms with van der Waals surface area (Å²) < 4.78 is 0. The Morgan fingerprint density at radius 3 is 2.83 bits per heavy atom. The molecule has 0 aliphatic carbocycles. The number of nitrogens with one attached hydrogen (secondary N) is 1. The highest BCUT2D eigenvalue weighted by molar-refractivity contribution is 7.11. The third-order valence-corrected chi connectivity index (χ3v) is 3.38. The number of hydrazone groups is 1. The molecule has 0 aliphatic rings. The van der Waals surface area contributed by atoms with E-state index in [-0.39, 0.29) is 5.91 Å². The second-order valence-corrected chi connectivity index (χ2v) is 4.80. The van der Waals surface area contributed by atoms with E-state index >= 15 is 0 Å². The Balaban J connectivity index is 1.98. The van der Waals surface area contributed by atoms with Crippen LogP contribution in [0.15, 0.2) is 34.9 Å². The molecule has 0 fully saturated rings. The van der Waals surface area contributed by atoms with Gasteiger partial charge in [0.15, 0.2) is 0 Å². The summed E-state index contributed by atoms with van der Waals surface area (Å²) in [4.78, 5) is 16.8. The molecule has 18 heavy (non-hydrogen) atoms. The summed E-state index contributed by atoms with van der Waals surface area (Å²) >= 11 is 1.59. The molecule has 0 spiro atoms. The van der Waals surface area contributed by atoms with Gasteiger partial charge in [0.1, 0.15) is 0 Å². The molecule has 0 radical (unpaired) electrons. The maximum absolute atomic E-state index is 11.7. The highest BCUT2D eigenvalue weighted by Crippen LogP contribution is 2.12. The number of carbonyl (C=O) groups excluding carboxylic acids is 1. The van der Waals surface area contributed by atoms with Crippen LogP contribution < -0.4 is 5.43 Å². The number of hydrogen-bond acceptors (Lipinski definition) is 4. The smallest absolute Gasteiger partial charge is 0.267 e. The maximum atomic E-state index is 11.7. The number of aryl methyl sites for hydroxylation is 2. The van der Waals surface area contributed by atoms with Crippen LogP contribution >= 0.6 is 11.3 Å². The summed E-state index contributed by atoms with van der Waals surface area (Å²) in [5, 5.41) is 5.92. The molecule has 5 heteroatoms. The number of carbonyl (C=O) groups is 1. The molecular weight excluding hydrogens is 246 g/mol. The fourth-order valence-electron chi connectivity index (χ4n) is 1.33. The van der Waals surface area contributed by atoms with E-state index in [2.05, 4.69) is 15.5 Å². The van der Waals surface area contributed by atoms with Crippen molar-refractivity contribution in [2.75, 3.05) is 0 Å². The molecule has 0 aliphatic heterocycles. The molecule has 2 heterocycles. The average Bonchev–Trinajstić information content (AvgIpc) is 2.76. The van der Waals surface area contributed by atoms with Gasteiger partial charge in [0.25, 0.3) is 5.91 Å². The fraction of sp³-hybridized carbons (Fsp3) is 0.154. The van der Waals surface area contributed by atoms with E-state index in [9.17, 15) is 4.79 Å². The lowest BCUT2D eigenvalue weighted by atomic mass is 10.2. The Kier molecular flexibility index (Phi) is 3.84. The van der Waals surface area contributed by atoms with Gasteiger partial charge in [-0.1, -0.05) is 0 Å². The largest absolute Gasteiger partial charge is 0.272 e. The Morgan fingerprint density at radius 1 is 1.39 bits per heavy atom. The summed E-state index contributed by atoms with van der Waals surface area (Å²) in [5.74, 6) is -0.257. The lowest BCUT2D eigenvalue weighted by Crippen LogP contribution is -2.17. The minimum atomic E-state index is -0.257. The van der Waals surface area contributed by atoms with Crippen molar-refractivity contribution in [3.05, 3.63) is 51.5 Å². The number of hydrogen-bond donors (Lipinski definition) is 1. The van der Waals surface area contributed by atoms with Gasteiger partial charge in [-0.15, -0.1) is 11.3 Å². The van der Waals surface area contributed by atoms with Gasteiger partial charge in [0, 0.05) is 16.8 Å². The minimum absolute atomic E-state index is 0.257. The Morgan fingerprint density at radius 2 is 2.22 bits per heavy atom. The number of nitrogens with zero attached hydrogens (tertiary/aromatic N) is 2. The molecule has 2 aromatic rings. The maximum Gasteiger partial charge on any atom is 0.272 e. The lowest BCUT2D eigenvalue weighted by Gasteiger charge is -1.99. The van der Waals surface area contributed by atoms with E-state index in [4.69, 9.17) is 0 Å². The Labute approximate surface area is 109 Å². The third-order valence-electron chi connectivity index (χ3n) is 2.42. The molecule has 0 saturated heterocycles. The monoisotopic (exact) mass is 259 g/mol. The molecule has 2 aromatic heterocycles. The van der Waals surface area contributed by atoms with Crippen LogP contribution in [0.3, 0.4) is 0 Å². The van der Waals surface area contributed by atoms with E-state index in [0.717, 1.165) is 16.1 Å². The van der Waals surface area contributed by atoms with Crippen LogP contribution in [0.2, 0.25) is 0 Å². The molecule has 0 bridgehead atoms. The number of thiophene rings is 1. The van der Waals surface area contributed by atoms with Gasteiger partial charge in [-0.25, -0.2) is 5.43 Å². The van der Waals surface area contributed by atoms with E-state index < -0.39 is 0 Å². The average molecular weight is 259 g/mol. The van der Waals surface area contributed by atoms with Gasteiger partial charge in [-0.3, -0.25) is 9.78 Å². The molecule has 0 aromatic carbocycles. The Bertz CT molecular complexity index is 572. The van der Waals surface area contributed by atoms with Gasteiger partial charge >= 0.3 is 0 Å². The van der Waals surface area contributed by atoms with Gasteiger partial charge in [0.2, 0.25) is 0 Å². The van der Waals surface area contributed by atoms with Crippen molar-refractivity contribution in [2.45, 2.75) is 13.8 Å². The minimum Gasteiger partial charge on any atom is -0.267 e. The number of amides is 1. The van der Waals surface area contributed by atoms with Crippen molar-refractivity contribution in [1.29, 1.82) is 0 Å². The van der Waals surface area contributed by atoms with E-state index in [1.807, 2.05) is 25.3 Å². The molecule has 1 N–H and O–H groups in total. The zero-order valence-corrected chi connectivity index (χ0v) is 11.0. The second kappa shape index (κ2) is 5.55. The second-order valence-electron chi connectivity index (χ2n) is 3.86. The highest BCUT2D eigenvalue weighted by atomic mass is 32.1. The predicted octanol–water partition coefficient (Wildman–Crippen LogP) is 2.52. The first-order valence-electron chi connectivity index (χ1n) is 5.47. The number of rotatable bonds is 3. The fourth-order valence-corrected chi connectivity index (χ4v) is 2.12. The van der Waals surface area contributed by atoms with Crippen molar-refractivity contribution in [3.8, 4) is 0 Å². The third kappa shape index (κ3) is 3.01. The van der Waals surface area contributed by atoms with Crippen molar-refractivity contribution >= 4 is 23.5 Å². The normalized spacial score (nSPS) is 10.8. The summed E-state index contributed by atoms with van der Waals surface area (Å²) in [7, 11) is 0. The van der Waals surface area contributed by atoms with Crippen molar-refractivity contribution in [3.63, 3.8) is 0 Å². The van der Waals surface area contributed by atoms with Crippen LogP contribution in [0, 0.1) is 13.8 Å². The van der Waals surface area contributed by atoms with E-state index in [0.29, 0.717) is 5.56 Å². The van der Waals surface area contributed by atoms with Gasteiger partial charge < -0.3 is 0 Å². The molecule has 92 valence electrons. The first-order valence-corrected chi connectivity index (χ1v) is 6.35. The zero-order valence-electron chi connectivity index (χ0n) is 10.2. The van der Waals surface area contributed by atoms with Gasteiger partial charge in [-0.2, -0.15) is 5.10 Å². The van der Waals surface area contributed by atoms with Crippen LogP contribution in [-0.2, 0) is 0 Å². The molecule has 0 saturated carbocycles. The predicted molar refractivity (Wildman–Crippen MR) is 73.1 cm³/mol.